The second kappa shape index (κ2) is 7.67. The van der Waals surface area contributed by atoms with E-state index in [1.807, 2.05) is 11.9 Å². The molecular weight excluding hydrogens is 216 g/mol. The molecule has 0 saturated carbocycles. The third kappa shape index (κ3) is 5.04. The molecule has 0 aromatic carbocycles. The van der Waals surface area contributed by atoms with Gasteiger partial charge in [-0.25, -0.2) is 0 Å². The number of ether oxygens (including phenoxy) is 1. The number of nitrogens with zero attached hydrogens (tertiary/aromatic N) is 1. The Labute approximate surface area is 104 Å². The highest BCUT2D eigenvalue weighted by Gasteiger charge is 2.20. The molecule has 2 unspecified atom stereocenters. The standard InChI is InChI=1S/C13H26N2O2/c1-3-11(8-14)7-13(16)15(2)9-12-5-4-6-17-10-12/h11-12H,3-10,14H2,1-2H3. The van der Waals surface area contributed by atoms with Crippen molar-refractivity contribution in [3.05, 3.63) is 0 Å². The molecule has 0 radical (unpaired) electrons. The molecule has 4 nitrogen and oxygen atoms in total. The fourth-order valence-electron chi connectivity index (χ4n) is 2.24. The van der Waals surface area contributed by atoms with Gasteiger partial charge in [-0.3, -0.25) is 4.79 Å². The molecule has 2 atom stereocenters. The Morgan fingerprint density at radius 2 is 2.35 bits per heavy atom. The van der Waals surface area contributed by atoms with Crippen LogP contribution >= 0.6 is 0 Å². The third-order valence-electron chi connectivity index (χ3n) is 3.59. The van der Waals surface area contributed by atoms with Crippen LogP contribution in [0.25, 0.3) is 0 Å². The van der Waals surface area contributed by atoms with E-state index in [9.17, 15) is 4.79 Å². The van der Waals surface area contributed by atoms with E-state index in [1.54, 1.807) is 0 Å². The van der Waals surface area contributed by atoms with Gasteiger partial charge in [0.25, 0.3) is 0 Å². The van der Waals surface area contributed by atoms with Gasteiger partial charge in [0.05, 0.1) is 6.61 Å². The van der Waals surface area contributed by atoms with Gasteiger partial charge >= 0.3 is 0 Å². The van der Waals surface area contributed by atoms with Gasteiger partial charge in [0, 0.05) is 26.6 Å². The average molecular weight is 242 g/mol. The molecule has 2 N–H and O–H groups in total. The quantitative estimate of drug-likeness (QED) is 0.762. The van der Waals surface area contributed by atoms with Crippen LogP contribution in [0, 0.1) is 11.8 Å². The molecule has 0 bridgehead atoms. The number of carbonyl (C=O) groups is 1. The minimum atomic E-state index is 0.216. The molecule has 1 fully saturated rings. The molecule has 1 rings (SSSR count). The highest BCUT2D eigenvalue weighted by Crippen LogP contribution is 2.16. The molecule has 0 aromatic heterocycles. The van der Waals surface area contributed by atoms with Crippen LogP contribution in [0.1, 0.15) is 32.6 Å². The largest absolute Gasteiger partial charge is 0.381 e. The van der Waals surface area contributed by atoms with Crippen molar-refractivity contribution in [2.75, 3.05) is 33.4 Å². The Kier molecular flexibility index (Phi) is 6.52. The zero-order valence-corrected chi connectivity index (χ0v) is 11.2. The first kappa shape index (κ1) is 14.5. The lowest BCUT2D eigenvalue weighted by Gasteiger charge is -2.28. The molecule has 0 spiro atoms. The maximum absolute atomic E-state index is 12.0. The predicted octanol–water partition coefficient (Wildman–Crippen LogP) is 1.25. The summed E-state index contributed by atoms with van der Waals surface area (Å²) in [5.41, 5.74) is 5.63. The second-order valence-electron chi connectivity index (χ2n) is 5.07. The van der Waals surface area contributed by atoms with E-state index >= 15 is 0 Å². The molecule has 100 valence electrons. The average Bonchev–Trinajstić information content (AvgIpc) is 2.36. The Morgan fingerprint density at radius 1 is 1.59 bits per heavy atom. The second-order valence-corrected chi connectivity index (χ2v) is 5.07. The van der Waals surface area contributed by atoms with Crippen molar-refractivity contribution < 1.29 is 9.53 Å². The van der Waals surface area contributed by atoms with Crippen LogP contribution in [0.2, 0.25) is 0 Å². The van der Waals surface area contributed by atoms with Crippen molar-refractivity contribution in [2.24, 2.45) is 17.6 Å². The van der Waals surface area contributed by atoms with Crippen molar-refractivity contribution in [3.8, 4) is 0 Å². The van der Waals surface area contributed by atoms with E-state index in [1.165, 1.54) is 6.42 Å². The van der Waals surface area contributed by atoms with Crippen LogP contribution < -0.4 is 5.73 Å². The first-order valence-electron chi connectivity index (χ1n) is 6.69. The highest BCUT2D eigenvalue weighted by atomic mass is 16.5. The van der Waals surface area contributed by atoms with Gasteiger partial charge in [0.15, 0.2) is 0 Å². The summed E-state index contributed by atoms with van der Waals surface area (Å²) in [7, 11) is 1.89. The lowest BCUT2D eigenvalue weighted by molar-refractivity contribution is -0.132. The Bertz CT molecular complexity index is 223. The van der Waals surface area contributed by atoms with Crippen molar-refractivity contribution >= 4 is 5.91 Å². The summed E-state index contributed by atoms with van der Waals surface area (Å²) in [4.78, 5) is 13.8. The van der Waals surface area contributed by atoms with E-state index in [2.05, 4.69) is 6.92 Å². The third-order valence-corrected chi connectivity index (χ3v) is 3.59. The summed E-state index contributed by atoms with van der Waals surface area (Å²) in [5, 5.41) is 0. The number of hydrogen-bond acceptors (Lipinski definition) is 3. The van der Waals surface area contributed by atoms with E-state index in [4.69, 9.17) is 10.5 Å². The normalized spacial score (nSPS) is 22.2. The molecule has 1 aliphatic heterocycles. The van der Waals surface area contributed by atoms with E-state index < -0.39 is 0 Å². The molecule has 0 aromatic rings. The van der Waals surface area contributed by atoms with Crippen molar-refractivity contribution in [1.29, 1.82) is 0 Å². The maximum atomic E-state index is 12.0. The molecule has 1 saturated heterocycles. The van der Waals surface area contributed by atoms with Crippen molar-refractivity contribution in [1.82, 2.24) is 4.90 Å². The first-order chi connectivity index (χ1) is 8.17. The SMILES string of the molecule is CCC(CN)CC(=O)N(C)CC1CCCOC1. The Morgan fingerprint density at radius 3 is 2.88 bits per heavy atom. The molecular formula is C13H26N2O2. The van der Waals surface area contributed by atoms with Crippen LogP contribution in [-0.2, 0) is 9.53 Å². The molecule has 0 aliphatic carbocycles. The van der Waals surface area contributed by atoms with Gasteiger partial charge in [0.2, 0.25) is 5.91 Å². The van der Waals surface area contributed by atoms with Crippen LogP contribution in [0.4, 0.5) is 0 Å². The van der Waals surface area contributed by atoms with Crippen LogP contribution in [0.5, 0.6) is 0 Å². The smallest absolute Gasteiger partial charge is 0.222 e. The molecule has 1 amide bonds. The van der Waals surface area contributed by atoms with Crippen LogP contribution in [-0.4, -0.2) is 44.2 Å². The minimum absolute atomic E-state index is 0.216. The van der Waals surface area contributed by atoms with Crippen molar-refractivity contribution in [3.63, 3.8) is 0 Å². The summed E-state index contributed by atoms with van der Waals surface area (Å²) >= 11 is 0. The van der Waals surface area contributed by atoms with Gasteiger partial charge in [0.1, 0.15) is 0 Å². The summed E-state index contributed by atoms with van der Waals surface area (Å²) in [6.07, 6.45) is 3.85. The fourth-order valence-corrected chi connectivity index (χ4v) is 2.24. The van der Waals surface area contributed by atoms with E-state index in [0.717, 1.165) is 32.6 Å². The number of rotatable bonds is 6. The van der Waals surface area contributed by atoms with Crippen LogP contribution in [0.3, 0.4) is 0 Å². The Hall–Kier alpha value is -0.610. The molecule has 17 heavy (non-hydrogen) atoms. The summed E-state index contributed by atoms with van der Waals surface area (Å²) in [6.45, 7) is 5.17. The first-order valence-corrected chi connectivity index (χ1v) is 6.69. The predicted molar refractivity (Wildman–Crippen MR) is 68.6 cm³/mol. The van der Waals surface area contributed by atoms with Crippen molar-refractivity contribution in [2.45, 2.75) is 32.6 Å². The van der Waals surface area contributed by atoms with Gasteiger partial charge in [-0.05, 0) is 31.2 Å². The highest BCUT2D eigenvalue weighted by molar-refractivity contribution is 5.76. The number of hydrogen-bond donors (Lipinski definition) is 1. The monoisotopic (exact) mass is 242 g/mol. The maximum Gasteiger partial charge on any atom is 0.222 e. The zero-order chi connectivity index (χ0) is 12.7. The summed E-state index contributed by atoms with van der Waals surface area (Å²) in [6, 6.07) is 0. The molecule has 1 heterocycles. The molecule has 1 aliphatic rings. The van der Waals surface area contributed by atoms with Crippen LogP contribution in [0.15, 0.2) is 0 Å². The van der Waals surface area contributed by atoms with E-state index in [0.29, 0.717) is 24.8 Å². The van der Waals surface area contributed by atoms with Gasteiger partial charge < -0.3 is 15.4 Å². The van der Waals surface area contributed by atoms with Gasteiger partial charge in [-0.15, -0.1) is 0 Å². The zero-order valence-electron chi connectivity index (χ0n) is 11.2. The lowest BCUT2D eigenvalue weighted by atomic mass is 10.00. The number of carbonyl (C=O) groups excluding carboxylic acids is 1. The lowest BCUT2D eigenvalue weighted by Crippen LogP contribution is -2.36. The van der Waals surface area contributed by atoms with Gasteiger partial charge in [-0.2, -0.15) is 0 Å². The van der Waals surface area contributed by atoms with E-state index in [-0.39, 0.29) is 5.91 Å². The Balaban J connectivity index is 2.30. The molecule has 4 heteroatoms. The topological polar surface area (TPSA) is 55.6 Å². The number of amides is 1. The summed E-state index contributed by atoms with van der Waals surface area (Å²) < 4.78 is 5.43. The fraction of sp³-hybridized carbons (Fsp3) is 0.923. The summed E-state index contributed by atoms with van der Waals surface area (Å²) in [5.74, 6) is 1.05. The minimum Gasteiger partial charge on any atom is -0.381 e. The van der Waals surface area contributed by atoms with Gasteiger partial charge in [-0.1, -0.05) is 13.3 Å². The number of nitrogens with two attached hydrogens (primary N) is 1.